The van der Waals surface area contributed by atoms with E-state index in [0.29, 0.717) is 0 Å². The first-order valence-electron chi connectivity index (χ1n) is 6.59. The lowest BCUT2D eigenvalue weighted by molar-refractivity contribution is -0.147. The van der Waals surface area contributed by atoms with Gasteiger partial charge in [-0.2, -0.15) is 10.4 Å². The van der Waals surface area contributed by atoms with Gasteiger partial charge >= 0.3 is 5.97 Å². The third-order valence-corrected chi connectivity index (χ3v) is 3.18. The molecule has 0 saturated heterocycles. The van der Waals surface area contributed by atoms with Gasteiger partial charge < -0.3 is 4.74 Å². The van der Waals surface area contributed by atoms with E-state index in [9.17, 15) is 14.4 Å². The largest absolute Gasteiger partial charge is 0.464 e. The summed E-state index contributed by atoms with van der Waals surface area (Å²) in [6, 6.07) is 0.806. The number of esters is 1. The molecule has 114 valence electrons. The van der Waals surface area contributed by atoms with Crippen LogP contribution in [0.25, 0.3) is 0 Å². The fourth-order valence-electron chi connectivity index (χ4n) is 2.24. The minimum atomic E-state index is -1.11. The number of Topliss-reactive ketones (excluding diaryl/α,β-unsaturated/α-hetero) is 1. The topological polar surface area (TPSA) is 105 Å². The molecule has 1 amide bonds. The van der Waals surface area contributed by atoms with Crippen LogP contribution in [0.2, 0.25) is 0 Å². The summed E-state index contributed by atoms with van der Waals surface area (Å²) in [5.74, 6) is -1.30. The van der Waals surface area contributed by atoms with Gasteiger partial charge in [-0.1, -0.05) is 0 Å². The third-order valence-electron chi connectivity index (χ3n) is 3.18. The van der Waals surface area contributed by atoms with Crippen LogP contribution >= 0.6 is 0 Å². The van der Waals surface area contributed by atoms with Crippen LogP contribution in [-0.2, 0) is 19.1 Å². The molecule has 22 heavy (non-hydrogen) atoms. The number of hydrogen-bond acceptors (Lipinski definition) is 6. The molecule has 1 aromatic heterocycles. The van der Waals surface area contributed by atoms with E-state index < -0.39 is 17.9 Å². The highest BCUT2D eigenvalue weighted by Gasteiger charge is 2.38. The van der Waals surface area contributed by atoms with E-state index in [1.165, 1.54) is 30.9 Å². The number of nitriles is 1. The van der Waals surface area contributed by atoms with Crippen molar-refractivity contribution in [3.05, 3.63) is 23.5 Å². The smallest absolute Gasteiger partial charge is 0.335 e. The van der Waals surface area contributed by atoms with Crippen molar-refractivity contribution in [1.82, 2.24) is 9.78 Å². The summed E-state index contributed by atoms with van der Waals surface area (Å²) in [6.45, 7) is 4.36. The second-order valence-corrected chi connectivity index (χ2v) is 4.62. The van der Waals surface area contributed by atoms with Crippen LogP contribution in [0.4, 0.5) is 5.82 Å². The van der Waals surface area contributed by atoms with E-state index in [2.05, 4.69) is 5.10 Å². The van der Waals surface area contributed by atoms with Gasteiger partial charge in [0.1, 0.15) is 11.6 Å². The molecule has 0 bridgehead atoms. The average molecular weight is 302 g/mol. The van der Waals surface area contributed by atoms with E-state index in [0.717, 1.165) is 4.90 Å². The van der Waals surface area contributed by atoms with Crippen LogP contribution in [0.15, 0.2) is 18.0 Å². The maximum Gasteiger partial charge on any atom is 0.335 e. The molecule has 0 saturated carbocycles. The predicted molar refractivity (Wildman–Crippen MR) is 74.5 cm³/mol. The molecule has 1 unspecified atom stereocenters. The molecule has 0 aromatic carbocycles. The number of anilines is 1. The van der Waals surface area contributed by atoms with Gasteiger partial charge in [-0.15, -0.1) is 0 Å². The summed E-state index contributed by atoms with van der Waals surface area (Å²) in [7, 11) is 0. The van der Waals surface area contributed by atoms with E-state index >= 15 is 0 Å². The van der Waals surface area contributed by atoms with Gasteiger partial charge in [0.2, 0.25) is 5.91 Å². The zero-order valence-electron chi connectivity index (χ0n) is 12.4. The number of carbonyl (C=O) groups is 3. The van der Waals surface area contributed by atoms with E-state index in [-0.39, 0.29) is 29.3 Å². The van der Waals surface area contributed by atoms with Crippen molar-refractivity contribution in [3.8, 4) is 6.07 Å². The molecule has 0 radical (unpaired) electrons. The van der Waals surface area contributed by atoms with Crippen LogP contribution in [0, 0.1) is 11.3 Å². The quantitative estimate of drug-likeness (QED) is 0.761. The maximum absolute atomic E-state index is 12.2. The predicted octanol–water partition coefficient (Wildman–Crippen LogP) is 0.698. The molecule has 0 aliphatic carbocycles. The highest BCUT2D eigenvalue weighted by atomic mass is 16.5. The van der Waals surface area contributed by atoms with Gasteiger partial charge in [0.05, 0.1) is 12.8 Å². The van der Waals surface area contributed by atoms with Crippen LogP contribution < -0.4 is 4.90 Å². The minimum absolute atomic E-state index is 0.0775. The lowest BCUT2D eigenvalue weighted by atomic mass is 10.0. The number of nitrogens with zero attached hydrogens (tertiary/aromatic N) is 4. The first-order valence-corrected chi connectivity index (χ1v) is 6.59. The maximum atomic E-state index is 12.2. The number of ketones is 1. The Hall–Kier alpha value is -2.95. The van der Waals surface area contributed by atoms with Crippen LogP contribution in [0.1, 0.15) is 32.4 Å². The molecular formula is C14H14N4O4. The molecule has 8 nitrogen and oxygen atoms in total. The lowest BCUT2D eigenvalue weighted by Gasteiger charge is -2.29. The Morgan fingerprint density at radius 3 is 2.59 bits per heavy atom. The molecule has 1 aliphatic rings. The fraction of sp³-hybridized carbons (Fsp3) is 0.357. The second-order valence-electron chi connectivity index (χ2n) is 4.62. The molecule has 0 fully saturated rings. The van der Waals surface area contributed by atoms with Gasteiger partial charge in [0, 0.05) is 18.7 Å². The SMILES string of the molecule is CCOC(=O)C1C(C(C)=O)=CN(C(C)=O)c2c(C#N)cnn21. The molecule has 2 rings (SSSR count). The van der Waals surface area contributed by atoms with Crippen molar-refractivity contribution in [3.63, 3.8) is 0 Å². The normalized spacial score (nSPS) is 16.4. The Morgan fingerprint density at radius 2 is 2.09 bits per heavy atom. The van der Waals surface area contributed by atoms with Crippen LogP contribution in [0.5, 0.6) is 0 Å². The second kappa shape index (κ2) is 5.81. The average Bonchev–Trinajstić information content (AvgIpc) is 2.88. The number of rotatable bonds is 3. The van der Waals surface area contributed by atoms with Gasteiger partial charge in [0.25, 0.3) is 0 Å². The Bertz CT molecular complexity index is 726. The number of amides is 1. The highest BCUT2D eigenvalue weighted by Crippen LogP contribution is 2.34. The van der Waals surface area contributed by atoms with E-state index in [1.807, 2.05) is 6.07 Å². The van der Waals surface area contributed by atoms with Gasteiger partial charge in [0.15, 0.2) is 17.6 Å². The molecule has 1 atom stereocenters. The number of aromatic nitrogens is 2. The minimum Gasteiger partial charge on any atom is -0.464 e. The van der Waals surface area contributed by atoms with Crippen LogP contribution in [0.3, 0.4) is 0 Å². The van der Waals surface area contributed by atoms with Crippen molar-refractivity contribution in [2.24, 2.45) is 0 Å². The van der Waals surface area contributed by atoms with Crippen molar-refractivity contribution < 1.29 is 19.1 Å². The summed E-state index contributed by atoms with van der Waals surface area (Å²) in [5.41, 5.74) is 0.206. The zero-order valence-corrected chi connectivity index (χ0v) is 12.4. The molecule has 2 heterocycles. The van der Waals surface area contributed by atoms with Crippen molar-refractivity contribution in [2.45, 2.75) is 26.8 Å². The Balaban J connectivity index is 2.68. The van der Waals surface area contributed by atoms with E-state index in [1.54, 1.807) is 6.92 Å². The van der Waals surface area contributed by atoms with Gasteiger partial charge in [-0.25, -0.2) is 9.48 Å². The molecule has 1 aromatic rings. The summed E-state index contributed by atoms with van der Waals surface area (Å²) in [6.07, 6.45) is 2.51. The first-order chi connectivity index (χ1) is 10.4. The molecule has 0 spiro atoms. The highest BCUT2D eigenvalue weighted by molar-refractivity contribution is 6.04. The first kappa shape index (κ1) is 15.4. The number of hydrogen-bond donors (Lipinski definition) is 0. The monoisotopic (exact) mass is 302 g/mol. The van der Waals surface area contributed by atoms with Gasteiger partial charge in [-0.05, 0) is 13.8 Å². The summed E-state index contributed by atoms with van der Waals surface area (Å²) in [4.78, 5) is 37.0. The molecule has 8 heteroatoms. The summed E-state index contributed by atoms with van der Waals surface area (Å²) in [5, 5.41) is 13.1. The molecule has 1 aliphatic heterocycles. The summed E-state index contributed by atoms with van der Waals surface area (Å²) >= 11 is 0. The number of carbonyl (C=O) groups excluding carboxylic acids is 3. The summed E-state index contributed by atoms with van der Waals surface area (Å²) < 4.78 is 6.15. The van der Waals surface area contributed by atoms with Crippen molar-refractivity contribution >= 4 is 23.5 Å². The molecule has 0 N–H and O–H groups in total. The number of fused-ring (bicyclic) bond motifs is 1. The third kappa shape index (κ3) is 2.37. The standard InChI is InChI=1S/C14H14N4O4/c1-4-22-14(21)12-11(8(2)19)7-17(9(3)20)13-10(5-15)6-16-18(12)13/h6-7,12H,4H2,1-3H3. The van der Waals surface area contributed by atoms with Gasteiger partial charge in [-0.3, -0.25) is 14.5 Å². The zero-order chi connectivity index (χ0) is 16.4. The Morgan fingerprint density at radius 1 is 1.41 bits per heavy atom. The Kier molecular flexibility index (Phi) is 4.08. The number of ether oxygens (including phenoxy) is 1. The van der Waals surface area contributed by atoms with Crippen molar-refractivity contribution in [2.75, 3.05) is 11.5 Å². The van der Waals surface area contributed by atoms with Crippen LogP contribution in [-0.4, -0.2) is 34.0 Å². The Labute approximate surface area is 126 Å². The lowest BCUT2D eigenvalue weighted by Crippen LogP contribution is -2.38. The molecular weight excluding hydrogens is 288 g/mol. The fourth-order valence-corrected chi connectivity index (χ4v) is 2.24. The van der Waals surface area contributed by atoms with Crippen molar-refractivity contribution in [1.29, 1.82) is 5.26 Å². The van der Waals surface area contributed by atoms with E-state index in [4.69, 9.17) is 10.00 Å².